The minimum atomic E-state index is 0.165. The Bertz CT molecular complexity index is 525. The van der Waals surface area contributed by atoms with Crippen LogP contribution in [-0.4, -0.2) is 29.9 Å². The summed E-state index contributed by atoms with van der Waals surface area (Å²) in [4.78, 5) is 15.3. The number of likely N-dealkylation sites (tertiary alicyclic amines) is 1. The maximum atomic E-state index is 12.5. The maximum absolute atomic E-state index is 12.5. The molecule has 3 rings (SSSR count). The van der Waals surface area contributed by atoms with Crippen molar-refractivity contribution < 1.29 is 4.79 Å². The highest BCUT2D eigenvalue weighted by atomic mass is 32.1. The van der Waals surface area contributed by atoms with Gasteiger partial charge in [-0.2, -0.15) is 0 Å². The number of hydrogen-bond acceptors (Lipinski definition) is 3. The highest BCUT2D eigenvalue weighted by molar-refractivity contribution is 7.12. The van der Waals surface area contributed by atoms with Crippen LogP contribution in [-0.2, 0) is 0 Å². The van der Waals surface area contributed by atoms with Gasteiger partial charge in [-0.1, -0.05) is 11.8 Å². The number of carbonyl (C=O) groups excluding carboxylic acids is 1. The average Bonchev–Trinajstić information content (AvgIpc) is 3.10. The summed E-state index contributed by atoms with van der Waals surface area (Å²) in [6.45, 7) is 1.27. The van der Waals surface area contributed by atoms with Gasteiger partial charge in [0.05, 0.1) is 6.54 Å². The Hall–Kier alpha value is -1.31. The number of rotatable bonds is 1. The number of hydrogen-bond donors (Lipinski definition) is 1. The summed E-state index contributed by atoms with van der Waals surface area (Å²) in [7, 11) is 0. The van der Waals surface area contributed by atoms with Crippen molar-refractivity contribution in [1.82, 2.24) is 4.90 Å². The van der Waals surface area contributed by atoms with Gasteiger partial charge >= 0.3 is 0 Å². The van der Waals surface area contributed by atoms with Crippen LogP contribution in [0.5, 0.6) is 0 Å². The lowest BCUT2D eigenvalue weighted by Crippen LogP contribution is -2.37. The van der Waals surface area contributed by atoms with Crippen LogP contribution in [0.1, 0.15) is 34.5 Å². The smallest absolute Gasteiger partial charge is 0.265 e. The predicted octanol–water partition coefficient (Wildman–Crippen LogP) is 1.68. The average molecular weight is 260 g/mol. The minimum Gasteiger partial charge on any atom is -0.335 e. The van der Waals surface area contributed by atoms with Gasteiger partial charge < -0.3 is 10.6 Å². The van der Waals surface area contributed by atoms with Crippen molar-refractivity contribution in [3.63, 3.8) is 0 Å². The minimum absolute atomic E-state index is 0.165. The zero-order valence-corrected chi connectivity index (χ0v) is 11.0. The lowest BCUT2D eigenvalue weighted by atomic mass is 10.1. The third kappa shape index (κ3) is 1.94. The molecule has 18 heavy (non-hydrogen) atoms. The number of piperidine rings is 1. The van der Waals surface area contributed by atoms with E-state index < -0.39 is 0 Å². The van der Waals surface area contributed by atoms with Crippen LogP contribution >= 0.6 is 11.3 Å². The molecule has 1 aliphatic heterocycles. The Labute approximate surface area is 111 Å². The molecule has 1 aromatic rings. The van der Waals surface area contributed by atoms with E-state index in [-0.39, 0.29) is 5.91 Å². The van der Waals surface area contributed by atoms with Gasteiger partial charge in [0.25, 0.3) is 5.91 Å². The Morgan fingerprint density at radius 2 is 2.44 bits per heavy atom. The Balaban J connectivity index is 1.82. The molecule has 2 heterocycles. The third-order valence-electron chi connectivity index (χ3n) is 3.85. The first-order valence-electron chi connectivity index (χ1n) is 6.37. The highest BCUT2D eigenvalue weighted by Crippen LogP contribution is 2.38. The van der Waals surface area contributed by atoms with Gasteiger partial charge in [0.2, 0.25) is 0 Å². The molecule has 2 aliphatic rings. The molecule has 1 saturated heterocycles. The number of nitrogens with zero attached hydrogens (tertiary/aromatic N) is 1. The van der Waals surface area contributed by atoms with E-state index in [1.807, 2.05) is 16.3 Å². The monoisotopic (exact) mass is 260 g/mol. The summed E-state index contributed by atoms with van der Waals surface area (Å²) < 4.78 is 0. The fourth-order valence-electron chi connectivity index (χ4n) is 3.02. The van der Waals surface area contributed by atoms with Crippen LogP contribution in [0.15, 0.2) is 11.4 Å². The lowest BCUT2D eigenvalue weighted by molar-refractivity contribution is 0.0708. The van der Waals surface area contributed by atoms with Crippen molar-refractivity contribution in [2.75, 3.05) is 13.1 Å². The first kappa shape index (κ1) is 11.8. The molecule has 3 nitrogen and oxygen atoms in total. The topological polar surface area (TPSA) is 46.3 Å². The van der Waals surface area contributed by atoms with E-state index in [2.05, 4.69) is 11.8 Å². The zero-order chi connectivity index (χ0) is 12.5. The molecular weight excluding hydrogens is 244 g/mol. The van der Waals surface area contributed by atoms with E-state index in [1.54, 1.807) is 0 Å². The van der Waals surface area contributed by atoms with Crippen molar-refractivity contribution >= 4 is 17.2 Å². The zero-order valence-electron chi connectivity index (χ0n) is 10.2. The Kier molecular flexibility index (Phi) is 3.11. The SMILES string of the molecule is NCC#Cc1ccsc1C(=O)N1CC2CCC1C2. The molecule has 0 radical (unpaired) electrons. The van der Waals surface area contributed by atoms with Crippen LogP contribution in [0.25, 0.3) is 0 Å². The molecule has 2 atom stereocenters. The van der Waals surface area contributed by atoms with Gasteiger partial charge in [-0.15, -0.1) is 11.3 Å². The number of fused-ring (bicyclic) bond motifs is 2. The van der Waals surface area contributed by atoms with Gasteiger partial charge in [-0.05, 0) is 36.6 Å². The normalized spacial score (nSPS) is 25.1. The first-order chi connectivity index (χ1) is 8.79. The molecule has 1 amide bonds. The standard InChI is InChI=1S/C14H16N2OS/c15-6-1-2-11-5-7-18-13(11)14(17)16-9-10-3-4-12(16)8-10/h5,7,10,12H,3-4,6,8-9,15H2. The molecule has 0 spiro atoms. The Morgan fingerprint density at radius 3 is 3.11 bits per heavy atom. The predicted molar refractivity (Wildman–Crippen MR) is 72.4 cm³/mol. The maximum Gasteiger partial charge on any atom is 0.265 e. The molecule has 2 unspecified atom stereocenters. The molecule has 1 aliphatic carbocycles. The summed E-state index contributed by atoms with van der Waals surface area (Å²) in [5.74, 6) is 6.71. The summed E-state index contributed by atoms with van der Waals surface area (Å²) in [5.41, 5.74) is 6.21. The van der Waals surface area contributed by atoms with E-state index >= 15 is 0 Å². The molecule has 2 fully saturated rings. The van der Waals surface area contributed by atoms with E-state index in [4.69, 9.17) is 5.73 Å². The van der Waals surface area contributed by atoms with Crippen molar-refractivity contribution in [3.8, 4) is 11.8 Å². The van der Waals surface area contributed by atoms with E-state index in [9.17, 15) is 4.79 Å². The number of amides is 1. The number of thiophene rings is 1. The van der Waals surface area contributed by atoms with Gasteiger partial charge in [-0.25, -0.2) is 0 Å². The quantitative estimate of drug-likeness (QED) is 0.781. The van der Waals surface area contributed by atoms with Crippen LogP contribution in [0.4, 0.5) is 0 Å². The molecule has 0 aromatic carbocycles. The first-order valence-corrected chi connectivity index (χ1v) is 7.25. The molecule has 2 N–H and O–H groups in total. The van der Waals surface area contributed by atoms with Crippen molar-refractivity contribution in [3.05, 3.63) is 21.9 Å². The summed E-state index contributed by atoms with van der Waals surface area (Å²) >= 11 is 1.49. The van der Waals surface area contributed by atoms with Crippen molar-refractivity contribution in [2.45, 2.75) is 25.3 Å². The van der Waals surface area contributed by atoms with E-state index in [1.165, 1.54) is 30.6 Å². The Morgan fingerprint density at radius 1 is 1.56 bits per heavy atom. The fourth-order valence-corrected chi connectivity index (χ4v) is 3.83. The second-order valence-corrected chi connectivity index (χ2v) is 5.88. The largest absolute Gasteiger partial charge is 0.335 e. The van der Waals surface area contributed by atoms with Gasteiger partial charge in [0.1, 0.15) is 4.88 Å². The molecule has 1 saturated carbocycles. The fraction of sp³-hybridized carbons (Fsp3) is 0.500. The number of carbonyl (C=O) groups is 1. The van der Waals surface area contributed by atoms with Crippen LogP contribution < -0.4 is 5.73 Å². The second-order valence-electron chi connectivity index (χ2n) is 4.96. The number of nitrogens with two attached hydrogens (primary N) is 1. The molecule has 1 aromatic heterocycles. The van der Waals surface area contributed by atoms with Crippen LogP contribution in [0.2, 0.25) is 0 Å². The van der Waals surface area contributed by atoms with Crippen molar-refractivity contribution in [2.24, 2.45) is 11.7 Å². The van der Waals surface area contributed by atoms with Crippen LogP contribution in [0.3, 0.4) is 0 Å². The van der Waals surface area contributed by atoms with Crippen molar-refractivity contribution in [1.29, 1.82) is 0 Å². The van der Waals surface area contributed by atoms with Gasteiger partial charge in [0, 0.05) is 18.2 Å². The molecule has 94 valence electrons. The third-order valence-corrected chi connectivity index (χ3v) is 4.76. The molecule has 4 heteroatoms. The molecular formula is C14H16N2OS. The summed E-state index contributed by atoms with van der Waals surface area (Å²) in [5, 5.41) is 1.93. The van der Waals surface area contributed by atoms with Gasteiger partial charge in [0.15, 0.2) is 0 Å². The van der Waals surface area contributed by atoms with Gasteiger partial charge in [-0.3, -0.25) is 4.79 Å². The van der Waals surface area contributed by atoms with E-state index in [0.717, 1.165) is 22.9 Å². The molecule has 2 bridgehead atoms. The summed E-state index contributed by atoms with van der Waals surface area (Å²) in [6.07, 6.45) is 3.66. The lowest BCUT2D eigenvalue weighted by Gasteiger charge is -2.26. The van der Waals surface area contributed by atoms with E-state index in [0.29, 0.717) is 12.6 Å². The summed E-state index contributed by atoms with van der Waals surface area (Å²) in [6, 6.07) is 2.38. The highest BCUT2D eigenvalue weighted by Gasteiger charge is 2.41. The second kappa shape index (κ2) is 4.75. The van der Waals surface area contributed by atoms with Crippen LogP contribution in [0, 0.1) is 17.8 Å².